The third kappa shape index (κ3) is 5.87. The minimum atomic E-state index is -0.572. The van der Waals surface area contributed by atoms with Crippen LogP contribution in [0.1, 0.15) is 39.1 Å². The number of nitrogens with one attached hydrogen (secondary N) is 3. The molecule has 0 aliphatic carbocycles. The van der Waals surface area contributed by atoms with Gasteiger partial charge in [0.2, 0.25) is 0 Å². The van der Waals surface area contributed by atoms with Crippen LogP contribution in [0.4, 0.5) is 23.0 Å². The number of rotatable bonds is 8. The van der Waals surface area contributed by atoms with Crippen molar-refractivity contribution in [2.24, 2.45) is 5.73 Å². The zero-order valence-corrected chi connectivity index (χ0v) is 20.6. The number of carbonyl (C=O) groups is 2. The maximum Gasteiger partial charge on any atom is 0.254 e. The Morgan fingerprint density at radius 2 is 1.89 bits per heavy atom. The van der Waals surface area contributed by atoms with E-state index >= 15 is 0 Å². The molecular weight excluding hydrogens is 472 g/mol. The van der Waals surface area contributed by atoms with Crippen molar-refractivity contribution in [3.63, 3.8) is 0 Å². The smallest absolute Gasteiger partial charge is 0.254 e. The van der Waals surface area contributed by atoms with Crippen LogP contribution in [0.2, 0.25) is 0 Å². The van der Waals surface area contributed by atoms with Crippen LogP contribution in [0.25, 0.3) is 0 Å². The van der Waals surface area contributed by atoms with Crippen molar-refractivity contribution < 1.29 is 14.3 Å². The van der Waals surface area contributed by atoms with Crippen molar-refractivity contribution in [1.82, 2.24) is 15.3 Å². The van der Waals surface area contributed by atoms with Crippen LogP contribution in [0, 0.1) is 11.3 Å². The second kappa shape index (κ2) is 11.3. The summed E-state index contributed by atoms with van der Waals surface area (Å²) in [6.45, 7) is 1.55. The van der Waals surface area contributed by atoms with Gasteiger partial charge in [0.1, 0.15) is 23.5 Å². The Bertz CT molecular complexity index is 1330. The summed E-state index contributed by atoms with van der Waals surface area (Å²) in [5, 5.41) is 18.2. The van der Waals surface area contributed by atoms with Crippen LogP contribution >= 0.6 is 0 Å². The molecule has 190 valence electrons. The van der Waals surface area contributed by atoms with Crippen LogP contribution in [0.3, 0.4) is 0 Å². The highest BCUT2D eigenvalue weighted by Crippen LogP contribution is 2.28. The topological polar surface area (TPSA) is 158 Å². The summed E-state index contributed by atoms with van der Waals surface area (Å²) in [7, 11) is 3.05. The summed E-state index contributed by atoms with van der Waals surface area (Å²) < 4.78 is 5.36. The van der Waals surface area contributed by atoms with E-state index in [9.17, 15) is 9.59 Å². The lowest BCUT2D eigenvalue weighted by atomic mass is 10.0. The number of methoxy groups -OCH3 is 1. The monoisotopic (exact) mass is 500 g/mol. The minimum absolute atomic E-state index is 0.120. The van der Waals surface area contributed by atoms with Gasteiger partial charge < -0.3 is 31.3 Å². The number of piperidine rings is 1. The first-order chi connectivity index (χ1) is 17.9. The predicted octanol–water partition coefficient (Wildman–Crippen LogP) is 2.64. The van der Waals surface area contributed by atoms with E-state index in [1.54, 1.807) is 43.6 Å². The zero-order chi connectivity index (χ0) is 26.4. The molecular formula is C26H28N8O3. The van der Waals surface area contributed by atoms with Crippen LogP contribution in [0.5, 0.6) is 5.75 Å². The highest BCUT2D eigenvalue weighted by atomic mass is 16.5. The average Bonchev–Trinajstić information content (AvgIpc) is 2.93. The first kappa shape index (κ1) is 25.2. The van der Waals surface area contributed by atoms with E-state index in [0.717, 1.165) is 31.7 Å². The largest absolute Gasteiger partial charge is 0.496 e. The number of ether oxygens (including phenoxy) is 1. The number of hydrogen-bond donors (Lipinski definition) is 4. The molecule has 0 atom stereocenters. The summed E-state index contributed by atoms with van der Waals surface area (Å²) in [5.41, 5.74) is 8.11. The number of pyridine rings is 2. The molecule has 2 aromatic heterocycles. The number of amides is 2. The van der Waals surface area contributed by atoms with E-state index in [2.05, 4.69) is 36.9 Å². The van der Waals surface area contributed by atoms with Gasteiger partial charge in [-0.3, -0.25) is 9.59 Å². The first-order valence-corrected chi connectivity index (χ1v) is 11.8. The summed E-state index contributed by atoms with van der Waals surface area (Å²) in [4.78, 5) is 35.0. The average molecular weight is 501 g/mol. The molecule has 1 aromatic carbocycles. The lowest BCUT2D eigenvalue weighted by Crippen LogP contribution is -2.39. The number of nitrogens with zero attached hydrogens (tertiary/aromatic N) is 4. The van der Waals surface area contributed by atoms with Crippen LogP contribution in [-0.4, -0.2) is 55.1 Å². The highest BCUT2D eigenvalue weighted by molar-refractivity contribution is 5.99. The first-order valence-electron chi connectivity index (χ1n) is 11.8. The number of nitrogens with two attached hydrogens (primary N) is 1. The lowest BCUT2D eigenvalue weighted by molar-refractivity contribution is 0.0958. The Hall–Kier alpha value is -4.85. The predicted molar refractivity (Wildman–Crippen MR) is 140 cm³/mol. The van der Waals surface area contributed by atoms with E-state index in [-0.39, 0.29) is 11.9 Å². The van der Waals surface area contributed by atoms with Gasteiger partial charge in [0.15, 0.2) is 0 Å². The van der Waals surface area contributed by atoms with E-state index in [1.165, 1.54) is 13.3 Å². The van der Waals surface area contributed by atoms with Gasteiger partial charge in [0, 0.05) is 56.4 Å². The molecule has 0 spiro atoms. The molecule has 1 saturated heterocycles. The Balaban J connectivity index is 1.47. The van der Waals surface area contributed by atoms with Gasteiger partial charge in [-0.25, -0.2) is 9.97 Å². The van der Waals surface area contributed by atoms with E-state index in [0.29, 0.717) is 39.6 Å². The summed E-state index contributed by atoms with van der Waals surface area (Å²) in [5.74, 6) is 0.933. The van der Waals surface area contributed by atoms with Gasteiger partial charge in [-0.1, -0.05) is 0 Å². The molecule has 0 unspecified atom stereocenters. The Kier molecular flexibility index (Phi) is 7.68. The van der Waals surface area contributed by atoms with Gasteiger partial charge in [-0.15, -0.1) is 0 Å². The fraction of sp³-hybridized carbons (Fsp3) is 0.269. The number of hydrogen-bond acceptors (Lipinski definition) is 9. The molecule has 0 saturated carbocycles. The molecule has 0 radical (unpaired) electrons. The molecule has 1 fully saturated rings. The van der Waals surface area contributed by atoms with Gasteiger partial charge in [-0.2, -0.15) is 5.26 Å². The third-order valence-electron chi connectivity index (χ3n) is 6.17. The fourth-order valence-corrected chi connectivity index (χ4v) is 4.19. The van der Waals surface area contributed by atoms with Crippen molar-refractivity contribution in [3.8, 4) is 11.8 Å². The fourth-order valence-electron chi connectivity index (χ4n) is 4.19. The normalized spacial score (nSPS) is 13.4. The minimum Gasteiger partial charge on any atom is -0.496 e. The standard InChI is InChI=1S/C26H28N8O3/c1-29-26(36)19-5-4-18(11-22(19)37-2)33-23-12-21(20(15-30-23)25(28)35)32-17-7-9-34(10-8-17)24-6-3-16(13-27)14-31-24/h3-6,11-12,14-15,17H,7-10H2,1-2H3,(H2,28,35)(H,29,36)(H2,30,32,33). The third-order valence-corrected chi connectivity index (χ3v) is 6.17. The summed E-state index contributed by atoms with van der Waals surface area (Å²) >= 11 is 0. The maximum absolute atomic E-state index is 12.1. The number of nitriles is 1. The van der Waals surface area contributed by atoms with Crippen molar-refractivity contribution in [2.75, 3.05) is 42.8 Å². The Morgan fingerprint density at radius 3 is 2.51 bits per heavy atom. The molecule has 2 amide bonds. The number of aromatic nitrogens is 2. The van der Waals surface area contributed by atoms with Crippen LogP contribution in [0.15, 0.2) is 48.8 Å². The van der Waals surface area contributed by atoms with Gasteiger partial charge >= 0.3 is 0 Å². The summed E-state index contributed by atoms with van der Waals surface area (Å²) in [6, 6.07) is 12.7. The number of anilines is 4. The Labute approximate surface area is 214 Å². The Morgan fingerprint density at radius 1 is 1.11 bits per heavy atom. The van der Waals surface area contributed by atoms with E-state index in [1.807, 2.05) is 6.07 Å². The highest BCUT2D eigenvalue weighted by Gasteiger charge is 2.22. The number of primary amides is 1. The van der Waals surface area contributed by atoms with Gasteiger partial charge in [0.25, 0.3) is 11.8 Å². The van der Waals surface area contributed by atoms with Crippen molar-refractivity contribution >= 4 is 34.8 Å². The molecule has 3 heterocycles. The van der Waals surface area contributed by atoms with Gasteiger partial charge in [-0.05, 0) is 37.1 Å². The molecule has 11 nitrogen and oxygen atoms in total. The van der Waals surface area contributed by atoms with Crippen LogP contribution < -0.4 is 31.3 Å². The zero-order valence-electron chi connectivity index (χ0n) is 20.6. The summed E-state index contributed by atoms with van der Waals surface area (Å²) in [6.07, 6.45) is 4.66. The molecule has 3 aromatic rings. The van der Waals surface area contributed by atoms with Crippen molar-refractivity contribution in [2.45, 2.75) is 18.9 Å². The van der Waals surface area contributed by atoms with E-state index < -0.39 is 5.91 Å². The lowest BCUT2D eigenvalue weighted by Gasteiger charge is -2.34. The van der Waals surface area contributed by atoms with Gasteiger partial charge in [0.05, 0.1) is 29.5 Å². The molecule has 1 aliphatic heterocycles. The molecule has 4 rings (SSSR count). The quantitative estimate of drug-likeness (QED) is 0.365. The van der Waals surface area contributed by atoms with Crippen molar-refractivity contribution in [3.05, 3.63) is 65.5 Å². The van der Waals surface area contributed by atoms with Crippen LogP contribution in [-0.2, 0) is 0 Å². The van der Waals surface area contributed by atoms with E-state index in [4.69, 9.17) is 15.7 Å². The molecule has 5 N–H and O–H groups in total. The molecule has 0 bridgehead atoms. The molecule has 1 aliphatic rings. The second-order valence-corrected chi connectivity index (χ2v) is 8.52. The molecule has 37 heavy (non-hydrogen) atoms. The van der Waals surface area contributed by atoms with Crippen molar-refractivity contribution in [1.29, 1.82) is 5.26 Å². The second-order valence-electron chi connectivity index (χ2n) is 8.52. The SMILES string of the molecule is CNC(=O)c1ccc(Nc2cc(NC3CCN(c4ccc(C#N)cn4)CC3)c(C(N)=O)cn2)cc1OC. The molecule has 11 heteroatoms. The number of carbonyl (C=O) groups excluding carboxylic acids is 2. The maximum atomic E-state index is 12.1. The number of benzene rings is 1.